The van der Waals surface area contributed by atoms with E-state index >= 15 is 0 Å². The van der Waals surface area contributed by atoms with Crippen LogP contribution in [0.1, 0.15) is 5.56 Å². The third-order valence-corrected chi connectivity index (χ3v) is 2.20. The van der Waals surface area contributed by atoms with E-state index in [4.69, 9.17) is 22.0 Å². The maximum Gasteiger partial charge on any atom is 0.322 e. The van der Waals surface area contributed by atoms with E-state index in [1.54, 1.807) is 30.3 Å². The molecule has 0 unspecified atom stereocenters. The van der Waals surface area contributed by atoms with Crippen LogP contribution in [0.3, 0.4) is 0 Å². The van der Waals surface area contributed by atoms with Crippen LogP contribution in [0.5, 0.6) is 0 Å². The molecule has 1 rings (SSSR count). The van der Waals surface area contributed by atoms with Crippen molar-refractivity contribution in [2.24, 2.45) is 0 Å². The number of carboxylic acids is 1. The van der Waals surface area contributed by atoms with Gasteiger partial charge in [0.05, 0.1) is 0 Å². The van der Waals surface area contributed by atoms with Gasteiger partial charge in [-0.05, 0) is 23.8 Å². The molecular weight excluding hydrogens is 256 g/mol. The molecular formula is C12H9ClN2O3. The van der Waals surface area contributed by atoms with Crippen molar-refractivity contribution in [3.63, 3.8) is 0 Å². The third-order valence-electron chi connectivity index (χ3n) is 1.95. The lowest BCUT2D eigenvalue weighted by atomic mass is 10.1. The molecule has 0 heterocycles. The van der Waals surface area contributed by atoms with Crippen molar-refractivity contribution in [3.8, 4) is 6.07 Å². The van der Waals surface area contributed by atoms with Gasteiger partial charge in [-0.1, -0.05) is 23.7 Å². The van der Waals surface area contributed by atoms with Gasteiger partial charge in [0, 0.05) is 5.02 Å². The van der Waals surface area contributed by atoms with Crippen molar-refractivity contribution >= 4 is 29.6 Å². The standard InChI is InChI=1S/C12H9ClN2O3/c13-10-3-1-8(2-4-10)5-9(6-14)12(18)15-7-11(16)17/h1-5H,7H2,(H,15,18)(H,16,17)/b9-5+. The summed E-state index contributed by atoms with van der Waals surface area (Å²) in [5.41, 5.74) is 0.458. The Labute approximate surface area is 108 Å². The lowest BCUT2D eigenvalue weighted by molar-refractivity contribution is -0.137. The van der Waals surface area contributed by atoms with Crippen LogP contribution in [0, 0.1) is 11.3 Å². The number of nitrogens with one attached hydrogen (secondary N) is 1. The summed E-state index contributed by atoms with van der Waals surface area (Å²) in [5.74, 6) is -1.90. The molecule has 92 valence electrons. The highest BCUT2D eigenvalue weighted by molar-refractivity contribution is 6.30. The van der Waals surface area contributed by atoms with Gasteiger partial charge in [0.25, 0.3) is 5.91 Å². The van der Waals surface area contributed by atoms with E-state index < -0.39 is 18.4 Å². The van der Waals surface area contributed by atoms with Crippen molar-refractivity contribution in [1.29, 1.82) is 5.26 Å². The quantitative estimate of drug-likeness (QED) is 0.636. The summed E-state index contributed by atoms with van der Waals surface area (Å²) in [6.45, 7) is -0.529. The fourth-order valence-corrected chi connectivity index (χ4v) is 1.25. The summed E-state index contributed by atoms with van der Waals surface area (Å²) in [6, 6.07) is 8.24. The number of amides is 1. The number of hydrogen-bond donors (Lipinski definition) is 2. The molecule has 0 radical (unpaired) electrons. The van der Waals surface area contributed by atoms with Gasteiger partial charge >= 0.3 is 5.97 Å². The number of rotatable bonds is 4. The molecule has 1 amide bonds. The number of aliphatic carboxylic acids is 1. The first-order chi connectivity index (χ1) is 8.52. The SMILES string of the molecule is N#C/C(=C\c1ccc(Cl)cc1)C(=O)NCC(=O)O. The van der Waals surface area contributed by atoms with Crippen LogP contribution in [-0.2, 0) is 9.59 Å². The van der Waals surface area contributed by atoms with Gasteiger partial charge < -0.3 is 10.4 Å². The minimum Gasteiger partial charge on any atom is -0.480 e. The predicted molar refractivity (Wildman–Crippen MR) is 65.7 cm³/mol. The first-order valence-corrected chi connectivity index (χ1v) is 5.28. The minimum absolute atomic E-state index is 0.168. The fourth-order valence-electron chi connectivity index (χ4n) is 1.13. The van der Waals surface area contributed by atoms with Crippen LogP contribution >= 0.6 is 11.6 Å². The van der Waals surface area contributed by atoms with Crippen LogP contribution in [0.25, 0.3) is 6.08 Å². The molecule has 0 spiro atoms. The number of carbonyl (C=O) groups excluding carboxylic acids is 1. The molecule has 0 fully saturated rings. The largest absolute Gasteiger partial charge is 0.480 e. The van der Waals surface area contributed by atoms with Crippen LogP contribution in [0.2, 0.25) is 5.02 Å². The Morgan fingerprint density at radius 3 is 2.50 bits per heavy atom. The Morgan fingerprint density at radius 1 is 1.39 bits per heavy atom. The summed E-state index contributed by atoms with van der Waals surface area (Å²) >= 11 is 5.70. The highest BCUT2D eigenvalue weighted by Crippen LogP contribution is 2.12. The van der Waals surface area contributed by atoms with Crippen molar-refractivity contribution in [2.45, 2.75) is 0 Å². The highest BCUT2D eigenvalue weighted by Gasteiger charge is 2.09. The Bertz CT molecular complexity index is 529. The highest BCUT2D eigenvalue weighted by atomic mass is 35.5. The molecule has 5 nitrogen and oxygen atoms in total. The van der Waals surface area contributed by atoms with E-state index in [2.05, 4.69) is 5.32 Å². The number of nitrogens with zero attached hydrogens (tertiary/aromatic N) is 1. The molecule has 0 aliphatic rings. The summed E-state index contributed by atoms with van der Waals surface area (Å²) in [4.78, 5) is 21.7. The van der Waals surface area contributed by atoms with Gasteiger partial charge in [-0.3, -0.25) is 9.59 Å². The number of hydrogen-bond acceptors (Lipinski definition) is 3. The van der Waals surface area contributed by atoms with E-state index in [0.717, 1.165) is 0 Å². The van der Waals surface area contributed by atoms with Gasteiger partial charge in [0.2, 0.25) is 0 Å². The van der Waals surface area contributed by atoms with E-state index in [1.807, 2.05) is 0 Å². The lowest BCUT2D eigenvalue weighted by Crippen LogP contribution is -2.30. The molecule has 1 aromatic rings. The van der Waals surface area contributed by atoms with Crippen LogP contribution < -0.4 is 5.32 Å². The van der Waals surface area contributed by atoms with Crippen molar-refractivity contribution in [1.82, 2.24) is 5.32 Å². The molecule has 6 heteroatoms. The zero-order valence-corrected chi connectivity index (χ0v) is 9.94. The first kappa shape index (κ1) is 13.7. The van der Waals surface area contributed by atoms with Gasteiger partial charge in [-0.15, -0.1) is 0 Å². The number of nitriles is 1. The molecule has 2 N–H and O–H groups in total. The van der Waals surface area contributed by atoms with E-state index in [1.165, 1.54) is 6.08 Å². The Balaban J connectivity index is 2.83. The summed E-state index contributed by atoms with van der Waals surface area (Å²) in [6.07, 6.45) is 1.35. The zero-order valence-electron chi connectivity index (χ0n) is 9.18. The van der Waals surface area contributed by atoms with E-state index in [-0.39, 0.29) is 5.57 Å². The van der Waals surface area contributed by atoms with Crippen LogP contribution in [-0.4, -0.2) is 23.5 Å². The van der Waals surface area contributed by atoms with Gasteiger partial charge in [-0.2, -0.15) is 5.26 Å². The third kappa shape index (κ3) is 4.28. The lowest BCUT2D eigenvalue weighted by Gasteiger charge is -2.00. The normalized spacial score (nSPS) is 10.6. The van der Waals surface area contributed by atoms with Crippen molar-refractivity contribution in [2.75, 3.05) is 6.54 Å². The van der Waals surface area contributed by atoms with Gasteiger partial charge in [0.15, 0.2) is 0 Å². The maximum absolute atomic E-state index is 11.5. The maximum atomic E-state index is 11.5. The summed E-state index contributed by atoms with van der Waals surface area (Å²) in [7, 11) is 0. The molecule has 1 aromatic carbocycles. The summed E-state index contributed by atoms with van der Waals surface area (Å²) < 4.78 is 0. The van der Waals surface area contributed by atoms with Crippen LogP contribution in [0.4, 0.5) is 0 Å². The number of benzene rings is 1. The second kappa shape index (κ2) is 6.42. The van der Waals surface area contributed by atoms with Crippen LogP contribution in [0.15, 0.2) is 29.8 Å². The average molecular weight is 265 g/mol. The second-order valence-corrected chi connectivity index (χ2v) is 3.73. The molecule has 0 saturated carbocycles. The fraction of sp³-hybridized carbons (Fsp3) is 0.0833. The minimum atomic E-state index is -1.17. The van der Waals surface area contributed by atoms with E-state index in [0.29, 0.717) is 10.6 Å². The molecule has 0 saturated heterocycles. The number of carboxylic acid groups (broad SMARTS) is 1. The Kier molecular flexibility index (Phi) is 4.90. The molecule has 0 bridgehead atoms. The van der Waals surface area contributed by atoms with Crippen molar-refractivity contribution < 1.29 is 14.7 Å². The monoisotopic (exact) mass is 264 g/mol. The molecule has 0 atom stereocenters. The smallest absolute Gasteiger partial charge is 0.322 e. The topological polar surface area (TPSA) is 90.2 Å². The van der Waals surface area contributed by atoms with E-state index in [9.17, 15) is 9.59 Å². The second-order valence-electron chi connectivity index (χ2n) is 3.30. The number of carbonyl (C=O) groups is 2. The molecule has 18 heavy (non-hydrogen) atoms. The average Bonchev–Trinajstić information content (AvgIpc) is 2.35. The molecule has 0 aromatic heterocycles. The molecule has 0 aliphatic carbocycles. The number of halogens is 1. The Morgan fingerprint density at radius 2 is 2.00 bits per heavy atom. The van der Waals surface area contributed by atoms with Crippen molar-refractivity contribution in [3.05, 3.63) is 40.4 Å². The predicted octanol–water partition coefficient (Wildman–Crippen LogP) is 1.45. The molecule has 0 aliphatic heterocycles. The Hall–Kier alpha value is -2.32. The van der Waals surface area contributed by atoms with Gasteiger partial charge in [0.1, 0.15) is 18.2 Å². The van der Waals surface area contributed by atoms with Gasteiger partial charge in [-0.25, -0.2) is 0 Å². The summed E-state index contributed by atoms with van der Waals surface area (Å²) in [5, 5.41) is 19.9. The first-order valence-electron chi connectivity index (χ1n) is 4.90. The zero-order chi connectivity index (χ0) is 13.5.